The van der Waals surface area contributed by atoms with Gasteiger partial charge in [-0.25, -0.2) is 4.98 Å². The fourth-order valence-electron chi connectivity index (χ4n) is 1.65. The molecule has 0 unspecified atom stereocenters. The van der Waals surface area contributed by atoms with Gasteiger partial charge in [0.25, 0.3) is 0 Å². The van der Waals surface area contributed by atoms with Crippen LogP contribution in [0.3, 0.4) is 0 Å². The highest BCUT2D eigenvalue weighted by Crippen LogP contribution is 2.01. The first-order valence-corrected chi connectivity index (χ1v) is 5.86. The lowest BCUT2D eigenvalue weighted by Gasteiger charge is -2.16. The fraction of sp³-hybridized carbons (Fsp3) is 0.308. The monoisotopic (exact) mass is 244 g/mol. The first kappa shape index (κ1) is 12.3. The molecule has 18 heavy (non-hydrogen) atoms. The summed E-state index contributed by atoms with van der Waals surface area (Å²) in [7, 11) is 1.82. The number of hydrogen-bond donors (Lipinski definition) is 1. The maximum Gasteiger partial charge on any atom is 0.228 e. The number of aromatic amines is 1. The van der Waals surface area contributed by atoms with Gasteiger partial charge in [-0.1, -0.05) is 0 Å². The molecule has 2 heterocycles. The number of carbonyl (C=O) groups is 1. The molecule has 1 N–H and O–H groups in total. The summed E-state index contributed by atoms with van der Waals surface area (Å²) in [5.74, 6) is 0.0910. The van der Waals surface area contributed by atoms with E-state index in [0.29, 0.717) is 13.0 Å². The maximum absolute atomic E-state index is 11.9. The van der Waals surface area contributed by atoms with Gasteiger partial charge in [0.2, 0.25) is 5.91 Å². The Kier molecular flexibility index (Phi) is 4.06. The number of imidazole rings is 1. The Balaban J connectivity index is 1.81. The number of hydrogen-bond acceptors (Lipinski definition) is 3. The topological polar surface area (TPSA) is 61.9 Å². The van der Waals surface area contributed by atoms with Crippen LogP contribution in [0.5, 0.6) is 0 Å². The normalized spacial score (nSPS) is 10.3. The molecule has 94 valence electrons. The van der Waals surface area contributed by atoms with Crippen molar-refractivity contribution in [2.45, 2.75) is 12.8 Å². The predicted molar refractivity (Wildman–Crippen MR) is 67.9 cm³/mol. The molecule has 0 aliphatic carbocycles. The van der Waals surface area contributed by atoms with Gasteiger partial charge in [0.1, 0.15) is 0 Å². The molecule has 0 spiro atoms. The first-order valence-electron chi connectivity index (χ1n) is 5.86. The summed E-state index contributed by atoms with van der Waals surface area (Å²) in [6.07, 6.45) is 8.00. The Morgan fingerprint density at radius 3 is 2.78 bits per heavy atom. The van der Waals surface area contributed by atoms with Crippen LogP contribution in [0.25, 0.3) is 0 Å². The van der Waals surface area contributed by atoms with Gasteiger partial charge in [-0.3, -0.25) is 9.78 Å². The van der Waals surface area contributed by atoms with Crippen molar-refractivity contribution in [3.63, 3.8) is 0 Å². The highest BCUT2D eigenvalue weighted by molar-refractivity contribution is 5.77. The van der Waals surface area contributed by atoms with Crippen LogP contribution >= 0.6 is 0 Å². The molecular formula is C13H16N4O. The average Bonchev–Trinajstić information content (AvgIpc) is 2.90. The van der Waals surface area contributed by atoms with Gasteiger partial charge in [0.15, 0.2) is 0 Å². The van der Waals surface area contributed by atoms with Crippen molar-refractivity contribution in [1.82, 2.24) is 19.9 Å². The molecule has 0 aliphatic heterocycles. The van der Waals surface area contributed by atoms with Crippen molar-refractivity contribution in [3.8, 4) is 0 Å². The van der Waals surface area contributed by atoms with E-state index in [4.69, 9.17) is 0 Å². The van der Waals surface area contributed by atoms with E-state index in [1.807, 2.05) is 19.2 Å². The van der Waals surface area contributed by atoms with Crippen molar-refractivity contribution in [2.24, 2.45) is 0 Å². The van der Waals surface area contributed by atoms with Crippen molar-refractivity contribution in [2.75, 3.05) is 13.6 Å². The summed E-state index contributed by atoms with van der Waals surface area (Å²) in [5, 5.41) is 0. The number of aromatic nitrogens is 3. The summed E-state index contributed by atoms with van der Waals surface area (Å²) in [4.78, 5) is 24.4. The second kappa shape index (κ2) is 5.95. The zero-order chi connectivity index (χ0) is 12.8. The highest BCUT2D eigenvalue weighted by atomic mass is 16.2. The molecular weight excluding hydrogens is 228 g/mol. The fourth-order valence-corrected chi connectivity index (χ4v) is 1.65. The molecule has 5 heteroatoms. The largest absolute Gasteiger partial charge is 0.348 e. The number of nitrogens with zero attached hydrogens (tertiary/aromatic N) is 3. The van der Waals surface area contributed by atoms with E-state index in [0.717, 1.165) is 12.1 Å². The minimum Gasteiger partial charge on any atom is -0.348 e. The summed E-state index contributed by atoms with van der Waals surface area (Å²) >= 11 is 0. The smallest absolute Gasteiger partial charge is 0.228 e. The van der Waals surface area contributed by atoms with Crippen LogP contribution in [0.15, 0.2) is 37.1 Å². The lowest BCUT2D eigenvalue weighted by molar-refractivity contribution is -0.129. The van der Waals surface area contributed by atoms with Crippen molar-refractivity contribution in [3.05, 3.63) is 48.3 Å². The number of likely N-dealkylation sites (N-methyl/N-ethyl adjacent to an activating group) is 1. The number of nitrogens with one attached hydrogen (secondary N) is 1. The number of rotatable bonds is 5. The van der Waals surface area contributed by atoms with Gasteiger partial charge in [-0.15, -0.1) is 0 Å². The summed E-state index contributed by atoms with van der Waals surface area (Å²) in [6.45, 7) is 0.705. The number of carbonyl (C=O) groups excluding carboxylic acids is 1. The van der Waals surface area contributed by atoms with E-state index >= 15 is 0 Å². The second-order valence-electron chi connectivity index (χ2n) is 4.17. The van der Waals surface area contributed by atoms with E-state index in [2.05, 4.69) is 15.0 Å². The number of amides is 1. The van der Waals surface area contributed by atoms with E-state index in [1.165, 1.54) is 5.56 Å². The van der Waals surface area contributed by atoms with E-state index in [-0.39, 0.29) is 5.91 Å². The minimum absolute atomic E-state index is 0.0910. The SMILES string of the molecule is CN(CCc1ccncc1)C(=O)Cc1cnc[nH]1. The molecule has 2 aromatic heterocycles. The Labute approximate surface area is 106 Å². The van der Waals surface area contributed by atoms with Gasteiger partial charge in [0.05, 0.1) is 12.7 Å². The van der Waals surface area contributed by atoms with Gasteiger partial charge < -0.3 is 9.88 Å². The van der Waals surface area contributed by atoms with E-state index < -0.39 is 0 Å². The zero-order valence-electron chi connectivity index (χ0n) is 10.3. The van der Waals surface area contributed by atoms with Crippen LogP contribution in [0.1, 0.15) is 11.3 Å². The second-order valence-corrected chi connectivity index (χ2v) is 4.17. The zero-order valence-corrected chi connectivity index (χ0v) is 10.3. The number of H-pyrrole nitrogens is 1. The molecule has 5 nitrogen and oxygen atoms in total. The molecule has 0 aromatic carbocycles. The van der Waals surface area contributed by atoms with Crippen LogP contribution in [0.2, 0.25) is 0 Å². The van der Waals surface area contributed by atoms with Gasteiger partial charge in [0, 0.05) is 37.9 Å². The summed E-state index contributed by atoms with van der Waals surface area (Å²) in [6, 6.07) is 3.93. The van der Waals surface area contributed by atoms with Crippen molar-refractivity contribution >= 4 is 5.91 Å². The molecule has 0 atom stereocenters. The Morgan fingerprint density at radius 2 is 2.11 bits per heavy atom. The van der Waals surface area contributed by atoms with Crippen LogP contribution < -0.4 is 0 Å². The quantitative estimate of drug-likeness (QED) is 0.855. The van der Waals surface area contributed by atoms with Crippen LogP contribution in [-0.2, 0) is 17.6 Å². The van der Waals surface area contributed by atoms with Crippen LogP contribution in [0.4, 0.5) is 0 Å². The third kappa shape index (κ3) is 3.41. The Morgan fingerprint density at radius 1 is 1.33 bits per heavy atom. The summed E-state index contributed by atoms with van der Waals surface area (Å²) in [5.41, 5.74) is 2.03. The lowest BCUT2D eigenvalue weighted by Crippen LogP contribution is -2.30. The van der Waals surface area contributed by atoms with Crippen molar-refractivity contribution in [1.29, 1.82) is 0 Å². The number of pyridine rings is 1. The van der Waals surface area contributed by atoms with Crippen molar-refractivity contribution < 1.29 is 4.79 Å². The summed E-state index contributed by atoms with van der Waals surface area (Å²) < 4.78 is 0. The molecule has 0 radical (unpaired) electrons. The third-order valence-corrected chi connectivity index (χ3v) is 2.81. The molecule has 2 rings (SSSR count). The maximum atomic E-state index is 11.9. The molecule has 0 fully saturated rings. The standard InChI is InChI=1S/C13H16N4O/c1-17(7-4-11-2-5-14-6-3-11)13(18)8-12-9-15-10-16-12/h2-3,5-6,9-10H,4,7-8H2,1H3,(H,15,16). The highest BCUT2D eigenvalue weighted by Gasteiger charge is 2.10. The minimum atomic E-state index is 0.0910. The molecule has 0 saturated heterocycles. The molecule has 2 aromatic rings. The van der Waals surface area contributed by atoms with Crippen LogP contribution in [0, 0.1) is 0 Å². The molecule has 0 aliphatic rings. The van der Waals surface area contributed by atoms with Gasteiger partial charge in [-0.05, 0) is 24.1 Å². The van der Waals surface area contributed by atoms with E-state index in [9.17, 15) is 4.79 Å². The predicted octanol–water partition coefficient (Wildman–Crippen LogP) is 1.05. The Hall–Kier alpha value is -2.17. The molecule has 0 bridgehead atoms. The first-order chi connectivity index (χ1) is 8.75. The Bertz CT molecular complexity index is 481. The average molecular weight is 244 g/mol. The van der Waals surface area contributed by atoms with Gasteiger partial charge >= 0.3 is 0 Å². The van der Waals surface area contributed by atoms with E-state index in [1.54, 1.807) is 29.8 Å². The third-order valence-electron chi connectivity index (χ3n) is 2.81. The molecule has 1 amide bonds. The lowest BCUT2D eigenvalue weighted by atomic mass is 10.2. The molecule has 0 saturated carbocycles. The van der Waals surface area contributed by atoms with Gasteiger partial charge in [-0.2, -0.15) is 0 Å². The van der Waals surface area contributed by atoms with Crippen LogP contribution in [-0.4, -0.2) is 39.4 Å².